The van der Waals surface area contributed by atoms with Gasteiger partial charge in [0.05, 0.1) is 0 Å². The van der Waals surface area contributed by atoms with E-state index in [0.29, 0.717) is 11.5 Å². The lowest BCUT2D eigenvalue weighted by Crippen LogP contribution is -2.33. The van der Waals surface area contributed by atoms with E-state index >= 15 is 0 Å². The molecule has 1 aromatic carbocycles. The standard InChI is InChI=1S/C12H15NO2/c1-8(9-2-3-9)13-12(15)10-4-6-11(14)7-5-10/h4-9,14H,2-3H2,1H3,(H,13,15). The Morgan fingerprint density at radius 1 is 1.40 bits per heavy atom. The van der Waals surface area contributed by atoms with E-state index in [0.717, 1.165) is 0 Å². The highest BCUT2D eigenvalue weighted by Crippen LogP contribution is 2.32. The molecule has 0 radical (unpaired) electrons. The van der Waals surface area contributed by atoms with Crippen LogP contribution in [-0.4, -0.2) is 17.1 Å². The first-order chi connectivity index (χ1) is 7.16. The second-order valence-electron chi connectivity index (χ2n) is 4.15. The van der Waals surface area contributed by atoms with Crippen molar-refractivity contribution >= 4 is 5.91 Å². The van der Waals surface area contributed by atoms with Gasteiger partial charge in [-0.05, 0) is 49.9 Å². The summed E-state index contributed by atoms with van der Waals surface area (Å²) in [5.41, 5.74) is 0.598. The number of carbonyl (C=O) groups excluding carboxylic acids is 1. The highest BCUT2D eigenvalue weighted by molar-refractivity contribution is 5.94. The summed E-state index contributed by atoms with van der Waals surface area (Å²) in [5.74, 6) is 0.780. The highest BCUT2D eigenvalue weighted by Gasteiger charge is 2.28. The lowest BCUT2D eigenvalue weighted by Gasteiger charge is -2.12. The van der Waals surface area contributed by atoms with Crippen LogP contribution in [-0.2, 0) is 0 Å². The second-order valence-corrected chi connectivity index (χ2v) is 4.15. The number of carbonyl (C=O) groups is 1. The predicted octanol–water partition coefficient (Wildman–Crippen LogP) is 1.92. The molecule has 1 amide bonds. The fourth-order valence-electron chi connectivity index (χ4n) is 1.62. The summed E-state index contributed by atoms with van der Waals surface area (Å²) >= 11 is 0. The number of amides is 1. The minimum atomic E-state index is -0.0607. The molecule has 1 atom stereocenters. The van der Waals surface area contributed by atoms with Crippen LogP contribution in [0.3, 0.4) is 0 Å². The number of aromatic hydroxyl groups is 1. The van der Waals surface area contributed by atoms with Gasteiger partial charge in [0.25, 0.3) is 5.91 Å². The van der Waals surface area contributed by atoms with Gasteiger partial charge in [0.1, 0.15) is 5.75 Å². The zero-order chi connectivity index (χ0) is 10.8. The van der Waals surface area contributed by atoms with Crippen molar-refractivity contribution in [3.63, 3.8) is 0 Å². The quantitative estimate of drug-likeness (QED) is 0.792. The summed E-state index contributed by atoms with van der Waals surface area (Å²) in [5, 5.41) is 12.0. The van der Waals surface area contributed by atoms with E-state index in [2.05, 4.69) is 5.32 Å². The third-order valence-electron chi connectivity index (χ3n) is 2.82. The fourth-order valence-corrected chi connectivity index (χ4v) is 1.62. The van der Waals surface area contributed by atoms with Gasteiger partial charge >= 0.3 is 0 Å². The van der Waals surface area contributed by atoms with Gasteiger partial charge in [-0.15, -0.1) is 0 Å². The van der Waals surface area contributed by atoms with Crippen LogP contribution in [0.2, 0.25) is 0 Å². The van der Waals surface area contributed by atoms with Gasteiger partial charge in [-0.1, -0.05) is 0 Å². The normalized spacial score (nSPS) is 17.1. The van der Waals surface area contributed by atoms with Gasteiger partial charge in [0, 0.05) is 11.6 Å². The van der Waals surface area contributed by atoms with Gasteiger partial charge < -0.3 is 10.4 Å². The molecule has 80 valence electrons. The molecule has 0 bridgehead atoms. The van der Waals surface area contributed by atoms with Crippen LogP contribution in [0.4, 0.5) is 0 Å². The third kappa shape index (κ3) is 2.49. The topological polar surface area (TPSA) is 49.3 Å². The van der Waals surface area contributed by atoms with Gasteiger partial charge in [0.15, 0.2) is 0 Å². The average Bonchev–Trinajstić information content (AvgIpc) is 3.01. The van der Waals surface area contributed by atoms with Crippen LogP contribution in [0.1, 0.15) is 30.1 Å². The number of nitrogens with one attached hydrogen (secondary N) is 1. The maximum absolute atomic E-state index is 11.7. The van der Waals surface area contributed by atoms with E-state index in [1.165, 1.54) is 25.0 Å². The van der Waals surface area contributed by atoms with Crippen molar-refractivity contribution in [1.82, 2.24) is 5.32 Å². The molecule has 0 aromatic heterocycles. The number of hydrogen-bond donors (Lipinski definition) is 2. The smallest absolute Gasteiger partial charge is 0.251 e. The van der Waals surface area contributed by atoms with Gasteiger partial charge in [0.2, 0.25) is 0 Å². The monoisotopic (exact) mass is 205 g/mol. The summed E-state index contributed by atoms with van der Waals surface area (Å²) in [6.07, 6.45) is 2.44. The Hall–Kier alpha value is -1.51. The molecule has 0 aliphatic heterocycles. The van der Waals surface area contributed by atoms with E-state index in [9.17, 15) is 4.79 Å². The van der Waals surface area contributed by atoms with Gasteiger partial charge in [-0.3, -0.25) is 4.79 Å². The Morgan fingerprint density at radius 2 is 2.00 bits per heavy atom. The number of benzene rings is 1. The molecule has 1 saturated carbocycles. The average molecular weight is 205 g/mol. The number of phenolic OH excluding ortho intramolecular Hbond substituents is 1. The summed E-state index contributed by atoms with van der Waals surface area (Å²) in [7, 11) is 0. The van der Waals surface area contributed by atoms with Crippen molar-refractivity contribution in [3.05, 3.63) is 29.8 Å². The molecule has 1 aliphatic rings. The van der Waals surface area contributed by atoms with Crippen LogP contribution in [0.25, 0.3) is 0 Å². The highest BCUT2D eigenvalue weighted by atomic mass is 16.3. The van der Waals surface area contributed by atoms with Crippen LogP contribution >= 0.6 is 0 Å². The molecule has 3 heteroatoms. The Bertz CT molecular complexity index is 354. The van der Waals surface area contributed by atoms with Crippen molar-refractivity contribution in [1.29, 1.82) is 0 Å². The Labute approximate surface area is 89.1 Å². The summed E-state index contributed by atoms with van der Waals surface area (Å²) in [6.45, 7) is 2.04. The largest absolute Gasteiger partial charge is 0.508 e. The van der Waals surface area contributed by atoms with Crippen LogP contribution in [0.15, 0.2) is 24.3 Å². The first kappa shape index (κ1) is 10.0. The minimum Gasteiger partial charge on any atom is -0.508 e. The van der Waals surface area contributed by atoms with E-state index < -0.39 is 0 Å². The van der Waals surface area contributed by atoms with Gasteiger partial charge in [-0.2, -0.15) is 0 Å². The molecule has 1 aliphatic carbocycles. The van der Waals surface area contributed by atoms with E-state index in [-0.39, 0.29) is 17.7 Å². The first-order valence-electron chi connectivity index (χ1n) is 5.26. The van der Waals surface area contributed by atoms with Crippen molar-refractivity contribution in [3.8, 4) is 5.75 Å². The van der Waals surface area contributed by atoms with Crippen molar-refractivity contribution in [2.24, 2.45) is 5.92 Å². The Balaban J connectivity index is 1.97. The molecule has 1 fully saturated rings. The molecule has 1 aromatic rings. The maximum Gasteiger partial charge on any atom is 0.251 e. The van der Waals surface area contributed by atoms with Crippen molar-refractivity contribution in [2.45, 2.75) is 25.8 Å². The van der Waals surface area contributed by atoms with E-state index in [4.69, 9.17) is 5.11 Å². The lowest BCUT2D eigenvalue weighted by atomic mass is 10.1. The van der Waals surface area contributed by atoms with Gasteiger partial charge in [-0.25, -0.2) is 0 Å². The molecule has 0 saturated heterocycles. The maximum atomic E-state index is 11.7. The Kier molecular flexibility index (Phi) is 2.62. The molecule has 15 heavy (non-hydrogen) atoms. The predicted molar refractivity (Wildman–Crippen MR) is 57.8 cm³/mol. The van der Waals surface area contributed by atoms with E-state index in [1.54, 1.807) is 12.1 Å². The molecule has 0 heterocycles. The summed E-state index contributed by atoms with van der Waals surface area (Å²) in [4.78, 5) is 11.7. The van der Waals surface area contributed by atoms with Crippen LogP contribution in [0.5, 0.6) is 5.75 Å². The second kappa shape index (κ2) is 3.93. The molecule has 2 N–H and O–H groups in total. The van der Waals surface area contributed by atoms with Crippen LogP contribution in [0, 0.1) is 5.92 Å². The van der Waals surface area contributed by atoms with Crippen molar-refractivity contribution in [2.75, 3.05) is 0 Å². The summed E-state index contributed by atoms with van der Waals surface area (Å²) < 4.78 is 0. The SMILES string of the molecule is CC(NC(=O)c1ccc(O)cc1)C1CC1. The van der Waals surface area contributed by atoms with Crippen LogP contribution < -0.4 is 5.32 Å². The molecular formula is C12H15NO2. The molecule has 1 unspecified atom stereocenters. The molecule has 3 nitrogen and oxygen atoms in total. The lowest BCUT2D eigenvalue weighted by molar-refractivity contribution is 0.0936. The number of phenols is 1. The third-order valence-corrected chi connectivity index (χ3v) is 2.82. The van der Waals surface area contributed by atoms with Crippen molar-refractivity contribution < 1.29 is 9.90 Å². The number of hydrogen-bond acceptors (Lipinski definition) is 2. The Morgan fingerprint density at radius 3 is 2.53 bits per heavy atom. The summed E-state index contributed by atoms with van der Waals surface area (Å²) in [6, 6.07) is 6.56. The minimum absolute atomic E-state index is 0.0607. The zero-order valence-electron chi connectivity index (χ0n) is 8.73. The fraction of sp³-hybridized carbons (Fsp3) is 0.417. The molecular weight excluding hydrogens is 190 g/mol. The van der Waals surface area contributed by atoms with E-state index in [1.807, 2.05) is 6.92 Å². The zero-order valence-corrected chi connectivity index (χ0v) is 8.73. The molecule has 0 spiro atoms. The first-order valence-corrected chi connectivity index (χ1v) is 5.26. The molecule has 2 rings (SSSR count). The number of rotatable bonds is 3.